The van der Waals surface area contributed by atoms with E-state index in [4.69, 9.17) is 10.2 Å². The van der Waals surface area contributed by atoms with E-state index in [9.17, 15) is 15.0 Å². The standard InChI is InChI=1S/C15H28O5/c1-3-4-5-6-11(2)7-12(10-16)14(18)8-13(17)9-15(19)20/h3-4,11-13,15-17,19-20H,5-10H2,1-2H3/b4-3-. The molecule has 0 heterocycles. The van der Waals surface area contributed by atoms with Crippen molar-refractivity contribution in [3.05, 3.63) is 12.2 Å². The number of hydrogen-bond acceptors (Lipinski definition) is 5. The van der Waals surface area contributed by atoms with Crippen molar-refractivity contribution in [1.29, 1.82) is 0 Å². The zero-order valence-electron chi connectivity index (χ0n) is 12.4. The minimum absolute atomic E-state index is 0.148. The lowest BCUT2D eigenvalue weighted by Crippen LogP contribution is -2.27. The fourth-order valence-electron chi connectivity index (χ4n) is 2.18. The molecule has 4 N–H and O–H groups in total. The Morgan fingerprint density at radius 3 is 2.35 bits per heavy atom. The summed E-state index contributed by atoms with van der Waals surface area (Å²) in [5.41, 5.74) is 0. The van der Waals surface area contributed by atoms with Crippen LogP contribution in [0, 0.1) is 11.8 Å². The van der Waals surface area contributed by atoms with Gasteiger partial charge in [0.1, 0.15) is 5.78 Å². The van der Waals surface area contributed by atoms with Crippen LogP contribution in [-0.2, 0) is 4.79 Å². The van der Waals surface area contributed by atoms with Gasteiger partial charge in [-0.3, -0.25) is 4.79 Å². The smallest absolute Gasteiger partial charge is 0.153 e. The number of rotatable bonds is 11. The Morgan fingerprint density at radius 2 is 1.85 bits per heavy atom. The van der Waals surface area contributed by atoms with Gasteiger partial charge in [-0.1, -0.05) is 19.1 Å². The van der Waals surface area contributed by atoms with Crippen LogP contribution in [0.15, 0.2) is 12.2 Å². The topological polar surface area (TPSA) is 98.0 Å². The SMILES string of the molecule is C/C=C\CCC(C)CC(CO)C(=O)CC(O)CC(O)O. The second kappa shape index (κ2) is 11.0. The number of aliphatic hydroxyl groups excluding tert-OH is 3. The van der Waals surface area contributed by atoms with Crippen LogP contribution >= 0.6 is 0 Å². The summed E-state index contributed by atoms with van der Waals surface area (Å²) in [5, 5.41) is 36.3. The third kappa shape index (κ3) is 9.20. The molecule has 5 heteroatoms. The van der Waals surface area contributed by atoms with Crippen LogP contribution in [0.2, 0.25) is 0 Å². The molecular formula is C15H28O5. The molecule has 0 amide bonds. The Balaban J connectivity index is 4.19. The van der Waals surface area contributed by atoms with Gasteiger partial charge in [-0.25, -0.2) is 0 Å². The van der Waals surface area contributed by atoms with E-state index in [0.29, 0.717) is 12.3 Å². The average Bonchev–Trinajstić information content (AvgIpc) is 2.34. The van der Waals surface area contributed by atoms with Gasteiger partial charge in [0.25, 0.3) is 0 Å². The highest BCUT2D eigenvalue weighted by atomic mass is 16.5. The first-order valence-corrected chi connectivity index (χ1v) is 7.19. The molecule has 3 unspecified atom stereocenters. The van der Waals surface area contributed by atoms with Crippen LogP contribution in [0.1, 0.15) is 46.0 Å². The Labute approximate surface area is 120 Å². The third-order valence-corrected chi connectivity index (χ3v) is 3.34. The fraction of sp³-hybridized carbons (Fsp3) is 0.800. The molecular weight excluding hydrogens is 260 g/mol. The van der Waals surface area contributed by atoms with Crippen LogP contribution < -0.4 is 0 Å². The van der Waals surface area contributed by atoms with Gasteiger partial charge >= 0.3 is 0 Å². The number of ketones is 1. The molecule has 5 nitrogen and oxygen atoms in total. The lowest BCUT2D eigenvalue weighted by atomic mass is 9.88. The molecule has 20 heavy (non-hydrogen) atoms. The normalized spacial score (nSPS) is 16.6. The molecule has 0 radical (unpaired) electrons. The Kier molecular flexibility index (Phi) is 10.6. The largest absolute Gasteiger partial charge is 0.396 e. The van der Waals surface area contributed by atoms with Gasteiger partial charge in [0.15, 0.2) is 6.29 Å². The number of hydrogen-bond donors (Lipinski definition) is 4. The predicted octanol–water partition coefficient (Wildman–Crippen LogP) is 0.998. The summed E-state index contributed by atoms with van der Waals surface area (Å²) in [7, 11) is 0. The molecule has 3 atom stereocenters. The number of Topliss-reactive ketones (excluding diaryl/α,β-unsaturated/α-hetero) is 1. The first kappa shape index (κ1) is 19.2. The van der Waals surface area contributed by atoms with E-state index < -0.39 is 18.3 Å². The van der Waals surface area contributed by atoms with E-state index in [2.05, 4.69) is 6.08 Å². The highest BCUT2D eigenvalue weighted by Crippen LogP contribution is 2.20. The summed E-state index contributed by atoms with van der Waals surface area (Å²) in [5.74, 6) is -0.396. The first-order valence-electron chi connectivity index (χ1n) is 7.19. The van der Waals surface area contributed by atoms with Crippen LogP contribution in [0.4, 0.5) is 0 Å². The number of allylic oxidation sites excluding steroid dienone is 2. The second-order valence-corrected chi connectivity index (χ2v) is 5.41. The molecule has 0 aliphatic carbocycles. The van der Waals surface area contributed by atoms with Crippen molar-refractivity contribution in [2.75, 3.05) is 6.61 Å². The van der Waals surface area contributed by atoms with Gasteiger partial charge < -0.3 is 20.4 Å². The molecule has 0 saturated heterocycles. The maximum absolute atomic E-state index is 11.9. The predicted molar refractivity (Wildman–Crippen MR) is 76.9 cm³/mol. The van der Waals surface area contributed by atoms with Crippen LogP contribution in [-0.4, -0.2) is 45.2 Å². The van der Waals surface area contributed by atoms with Gasteiger partial charge in [0.05, 0.1) is 12.7 Å². The highest BCUT2D eigenvalue weighted by molar-refractivity contribution is 5.81. The zero-order valence-corrected chi connectivity index (χ0v) is 12.4. The molecule has 0 fully saturated rings. The van der Waals surface area contributed by atoms with E-state index in [1.54, 1.807) is 0 Å². The molecule has 0 rings (SSSR count). The van der Waals surface area contributed by atoms with Crippen molar-refractivity contribution >= 4 is 5.78 Å². The molecule has 0 aromatic carbocycles. The Bertz CT molecular complexity index is 288. The molecule has 0 aliphatic heterocycles. The maximum Gasteiger partial charge on any atom is 0.153 e. The number of carbonyl (C=O) groups is 1. The van der Waals surface area contributed by atoms with Crippen molar-refractivity contribution < 1.29 is 25.2 Å². The highest BCUT2D eigenvalue weighted by Gasteiger charge is 2.23. The zero-order chi connectivity index (χ0) is 15.5. The molecule has 0 aromatic heterocycles. The van der Waals surface area contributed by atoms with Gasteiger partial charge in [-0.15, -0.1) is 0 Å². The van der Waals surface area contributed by atoms with E-state index in [1.165, 1.54) is 0 Å². The Morgan fingerprint density at radius 1 is 1.20 bits per heavy atom. The number of aliphatic hydroxyl groups is 4. The summed E-state index contributed by atoms with van der Waals surface area (Å²) >= 11 is 0. The summed E-state index contributed by atoms with van der Waals surface area (Å²) in [6.07, 6.45) is 3.44. The quantitative estimate of drug-likeness (QED) is 0.336. The fourth-order valence-corrected chi connectivity index (χ4v) is 2.18. The minimum atomic E-state index is -1.62. The van der Waals surface area contributed by atoms with Gasteiger partial charge in [-0.05, 0) is 32.1 Å². The summed E-state index contributed by atoms with van der Waals surface area (Å²) in [4.78, 5) is 11.9. The minimum Gasteiger partial charge on any atom is -0.396 e. The van der Waals surface area contributed by atoms with Gasteiger partial charge in [0.2, 0.25) is 0 Å². The summed E-state index contributed by atoms with van der Waals surface area (Å²) < 4.78 is 0. The van der Waals surface area contributed by atoms with Crippen LogP contribution in [0.3, 0.4) is 0 Å². The van der Waals surface area contributed by atoms with Crippen molar-refractivity contribution in [1.82, 2.24) is 0 Å². The molecule has 0 spiro atoms. The van der Waals surface area contributed by atoms with E-state index >= 15 is 0 Å². The van der Waals surface area contributed by atoms with Gasteiger partial charge in [-0.2, -0.15) is 0 Å². The molecule has 118 valence electrons. The first-order chi connectivity index (χ1) is 9.40. The summed E-state index contributed by atoms with van der Waals surface area (Å²) in [6, 6.07) is 0. The summed E-state index contributed by atoms with van der Waals surface area (Å²) in [6.45, 7) is 3.76. The maximum atomic E-state index is 11.9. The van der Waals surface area contributed by atoms with Crippen molar-refractivity contribution in [3.8, 4) is 0 Å². The van der Waals surface area contributed by atoms with E-state index in [0.717, 1.165) is 12.8 Å². The molecule has 0 saturated carbocycles. The second-order valence-electron chi connectivity index (χ2n) is 5.41. The van der Waals surface area contributed by atoms with E-state index in [1.807, 2.05) is 19.9 Å². The lowest BCUT2D eigenvalue weighted by Gasteiger charge is -2.19. The van der Waals surface area contributed by atoms with Crippen molar-refractivity contribution in [3.63, 3.8) is 0 Å². The molecule has 0 aliphatic rings. The van der Waals surface area contributed by atoms with Crippen molar-refractivity contribution in [2.24, 2.45) is 11.8 Å². The molecule has 0 bridgehead atoms. The monoisotopic (exact) mass is 288 g/mol. The average molecular weight is 288 g/mol. The van der Waals surface area contributed by atoms with Crippen LogP contribution in [0.25, 0.3) is 0 Å². The third-order valence-electron chi connectivity index (χ3n) is 3.34. The van der Waals surface area contributed by atoms with Gasteiger partial charge in [0, 0.05) is 18.8 Å². The van der Waals surface area contributed by atoms with Crippen LogP contribution in [0.5, 0.6) is 0 Å². The molecule has 0 aromatic rings. The van der Waals surface area contributed by atoms with Crippen molar-refractivity contribution in [2.45, 2.75) is 58.3 Å². The number of carbonyl (C=O) groups excluding carboxylic acids is 1. The Hall–Kier alpha value is -0.750. The lowest BCUT2D eigenvalue weighted by molar-refractivity contribution is -0.128. The van der Waals surface area contributed by atoms with E-state index in [-0.39, 0.29) is 25.2 Å².